The van der Waals surface area contributed by atoms with E-state index in [1.807, 2.05) is 0 Å². The number of carbonyl (C=O) groups excluding carboxylic acids is 2. The van der Waals surface area contributed by atoms with Crippen LogP contribution in [0.2, 0.25) is 0 Å². The summed E-state index contributed by atoms with van der Waals surface area (Å²) in [7, 11) is 0. The number of nitrogens with two attached hydrogens (primary N) is 1. The van der Waals surface area contributed by atoms with Gasteiger partial charge in [-0.2, -0.15) is 0 Å². The van der Waals surface area contributed by atoms with Gasteiger partial charge in [-0.1, -0.05) is 0 Å². The van der Waals surface area contributed by atoms with Gasteiger partial charge in [0, 0.05) is 26.2 Å². The first kappa shape index (κ1) is 12.9. The number of aromatic nitrogens is 1. The summed E-state index contributed by atoms with van der Waals surface area (Å²) in [6.07, 6.45) is 1.25. The Bertz CT molecular complexity index is 436. The average Bonchev–Trinajstić information content (AvgIpc) is 2.27. The van der Waals surface area contributed by atoms with Gasteiger partial charge in [0.15, 0.2) is 11.6 Å². The van der Waals surface area contributed by atoms with Gasteiger partial charge in [0.05, 0.1) is 5.56 Å². The molecule has 2 amide bonds. The molecule has 0 bridgehead atoms. The first-order valence-corrected chi connectivity index (χ1v) is 4.95. The lowest BCUT2D eigenvalue weighted by Gasteiger charge is -2.07. The number of nitrogens with one attached hydrogen (secondary N) is 2. The maximum absolute atomic E-state index is 13.4. The molecule has 1 aromatic rings. The Morgan fingerprint density at radius 1 is 1.41 bits per heavy atom. The molecule has 0 atom stereocenters. The van der Waals surface area contributed by atoms with E-state index >= 15 is 0 Å². The van der Waals surface area contributed by atoms with Gasteiger partial charge in [-0.25, -0.2) is 9.37 Å². The second-order valence-corrected chi connectivity index (χ2v) is 3.30. The summed E-state index contributed by atoms with van der Waals surface area (Å²) < 4.78 is 13.4. The number of nitrogens with zero attached hydrogens (tertiary/aromatic N) is 1. The molecule has 0 aliphatic carbocycles. The van der Waals surface area contributed by atoms with Crippen LogP contribution in [0.15, 0.2) is 12.3 Å². The summed E-state index contributed by atoms with van der Waals surface area (Å²) in [6.45, 7) is 1.86. The van der Waals surface area contributed by atoms with Gasteiger partial charge in [0.25, 0.3) is 5.91 Å². The summed E-state index contributed by atoms with van der Waals surface area (Å²) in [4.78, 5) is 25.6. The van der Waals surface area contributed by atoms with Crippen molar-refractivity contribution in [2.75, 3.05) is 18.8 Å². The van der Waals surface area contributed by atoms with Gasteiger partial charge < -0.3 is 16.4 Å². The third kappa shape index (κ3) is 3.71. The predicted octanol–water partition coefficient (Wildman–Crippen LogP) is -0.331. The molecule has 0 spiro atoms. The number of carbonyl (C=O) groups is 2. The summed E-state index contributed by atoms with van der Waals surface area (Å²) in [6, 6.07) is 1.24. The first-order valence-electron chi connectivity index (χ1n) is 4.95. The third-order valence-corrected chi connectivity index (χ3v) is 1.95. The van der Waals surface area contributed by atoms with Crippen LogP contribution >= 0.6 is 0 Å². The molecule has 0 saturated carbocycles. The molecule has 1 heterocycles. The average molecular weight is 240 g/mol. The highest BCUT2D eigenvalue weighted by atomic mass is 19.1. The van der Waals surface area contributed by atoms with Crippen LogP contribution in [0.1, 0.15) is 17.3 Å². The van der Waals surface area contributed by atoms with Gasteiger partial charge >= 0.3 is 0 Å². The summed E-state index contributed by atoms with van der Waals surface area (Å²) >= 11 is 0. The largest absolute Gasteiger partial charge is 0.381 e. The Labute approximate surface area is 97.4 Å². The predicted molar refractivity (Wildman–Crippen MR) is 59.6 cm³/mol. The van der Waals surface area contributed by atoms with Gasteiger partial charge in [-0.05, 0) is 6.07 Å². The number of hydrogen-bond acceptors (Lipinski definition) is 4. The molecule has 7 heteroatoms. The summed E-state index contributed by atoms with van der Waals surface area (Å²) in [5.74, 6) is -1.95. The molecule has 17 heavy (non-hydrogen) atoms. The molecule has 0 saturated heterocycles. The standard InChI is InChI=1S/C10H13FN4O2/c1-6(16)13-4-5-15-10(17)7-2-3-14-9(12)8(7)11/h2-3H,4-5H2,1H3,(H2,12,14)(H,13,16)(H,15,17). The van der Waals surface area contributed by atoms with E-state index in [-0.39, 0.29) is 30.4 Å². The van der Waals surface area contributed by atoms with Crippen molar-refractivity contribution < 1.29 is 14.0 Å². The zero-order chi connectivity index (χ0) is 12.8. The molecular formula is C10H13FN4O2. The fourth-order valence-corrected chi connectivity index (χ4v) is 1.15. The highest BCUT2D eigenvalue weighted by Gasteiger charge is 2.13. The molecule has 0 fully saturated rings. The topological polar surface area (TPSA) is 97.1 Å². The highest BCUT2D eigenvalue weighted by molar-refractivity contribution is 5.95. The second-order valence-electron chi connectivity index (χ2n) is 3.30. The van der Waals surface area contributed by atoms with Gasteiger partial charge in [0.1, 0.15) is 0 Å². The van der Waals surface area contributed by atoms with E-state index in [1.54, 1.807) is 0 Å². The van der Waals surface area contributed by atoms with Crippen molar-refractivity contribution >= 4 is 17.6 Å². The lowest BCUT2D eigenvalue weighted by Crippen LogP contribution is -2.34. The smallest absolute Gasteiger partial charge is 0.254 e. The van der Waals surface area contributed by atoms with Crippen molar-refractivity contribution in [1.29, 1.82) is 0 Å². The third-order valence-electron chi connectivity index (χ3n) is 1.95. The molecule has 1 aromatic heterocycles. The van der Waals surface area contributed by atoms with Crippen LogP contribution in [0, 0.1) is 5.82 Å². The number of hydrogen-bond donors (Lipinski definition) is 3. The van der Waals surface area contributed by atoms with Crippen molar-refractivity contribution in [3.05, 3.63) is 23.6 Å². The van der Waals surface area contributed by atoms with E-state index in [0.29, 0.717) is 0 Å². The number of amides is 2. The zero-order valence-corrected chi connectivity index (χ0v) is 9.29. The van der Waals surface area contributed by atoms with Crippen LogP contribution in [-0.4, -0.2) is 29.9 Å². The lowest BCUT2D eigenvalue weighted by atomic mass is 10.2. The van der Waals surface area contributed by atoms with Crippen molar-refractivity contribution in [3.8, 4) is 0 Å². The minimum Gasteiger partial charge on any atom is -0.381 e. The van der Waals surface area contributed by atoms with Crippen molar-refractivity contribution in [2.24, 2.45) is 0 Å². The van der Waals surface area contributed by atoms with E-state index < -0.39 is 11.7 Å². The molecule has 1 rings (SSSR count). The Kier molecular flexibility index (Phi) is 4.38. The Hall–Kier alpha value is -2.18. The van der Waals surface area contributed by atoms with Crippen LogP contribution in [0.5, 0.6) is 0 Å². The van der Waals surface area contributed by atoms with Crippen molar-refractivity contribution in [3.63, 3.8) is 0 Å². The quantitative estimate of drug-likeness (QED) is 0.628. The minimum atomic E-state index is -0.843. The first-order chi connectivity index (χ1) is 8.02. The van der Waals surface area contributed by atoms with E-state index in [0.717, 1.165) is 0 Å². The Morgan fingerprint density at radius 3 is 2.71 bits per heavy atom. The highest BCUT2D eigenvalue weighted by Crippen LogP contribution is 2.11. The van der Waals surface area contributed by atoms with E-state index in [2.05, 4.69) is 15.6 Å². The Balaban J connectivity index is 2.53. The molecule has 6 nitrogen and oxygen atoms in total. The normalized spacial score (nSPS) is 9.76. The minimum absolute atomic E-state index is 0.166. The number of pyridine rings is 1. The summed E-state index contributed by atoms with van der Waals surface area (Å²) in [5.41, 5.74) is 5.06. The van der Waals surface area contributed by atoms with E-state index in [1.165, 1.54) is 19.2 Å². The number of halogens is 1. The van der Waals surface area contributed by atoms with Crippen LogP contribution in [0.25, 0.3) is 0 Å². The molecular weight excluding hydrogens is 227 g/mol. The van der Waals surface area contributed by atoms with E-state index in [9.17, 15) is 14.0 Å². The second kappa shape index (κ2) is 5.78. The lowest BCUT2D eigenvalue weighted by molar-refractivity contribution is -0.118. The van der Waals surface area contributed by atoms with Crippen molar-refractivity contribution in [2.45, 2.75) is 6.92 Å². The van der Waals surface area contributed by atoms with Crippen LogP contribution < -0.4 is 16.4 Å². The fraction of sp³-hybridized carbons (Fsp3) is 0.300. The van der Waals surface area contributed by atoms with E-state index in [4.69, 9.17) is 5.73 Å². The molecule has 4 N–H and O–H groups in total. The molecule has 0 aromatic carbocycles. The van der Waals surface area contributed by atoms with Gasteiger partial charge in [-0.15, -0.1) is 0 Å². The molecule has 0 aliphatic rings. The molecule has 0 radical (unpaired) electrons. The summed E-state index contributed by atoms with van der Waals surface area (Å²) in [5, 5.41) is 4.94. The number of rotatable bonds is 4. The zero-order valence-electron chi connectivity index (χ0n) is 9.29. The molecule has 0 aliphatic heterocycles. The number of nitrogen functional groups attached to an aromatic ring is 1. The fourth-order valence-electron chi connectivity index (χ4n) is 1.15. The monoisotopic (exact) mass is 240 g/mol. The molecule has 0 unspecified atom stereocenters. The van der Waals surface area contributed by atoms with Gasteiger partial charge in [-0.3, -0.25) is 9.59 Å². The molecule has 92 valence electrons. The SMILES string of the molecule is CC(=O)NCCNC(=O)c1ccnc(N)c1F. The van der Waals surface area contributed by atoms with Crippen LogP contribution in [0.4, 0.5) is 10.2 Å². The van der Waals surface area contributed by atoms with Crippen molar-refractivity contribution in [1.82, 2.24) is 15.6 Å². The Morgan fingerprint density at radius 2 is 2.06 bits per heavy atom. The van der Waals surface area contributed by atoms with Crippen LogP contribution in [0.3, 0.4) is 0 Å². The maximum Gasteiger partial charge on any atom is 0.254 e. The maximum atomic E-state index is 13.4. The van der Waals surface area contributed by atoms with Crippen LogP contribution in [-0.2, 0) is 4.79 Å². The number of anilines is 1. The van der Waals surface area contributed by atoms with Gasteiger partial charge in [0.2, 0.25) is 5.91 Å².